The van der Waals surface area contributed by atoms with E-state index in [1.807, 2.05) is 0 Å². The summed E-state index contributed by atoms with van der Waals surface area (Å²) in [5, 5.41) is 14.2. The fourth-order valence-electron chi connectivity index (χ4n) is 3.00. The van der Waals surface area contributed by atoms with Crippen LogP contribution in [0.4, 0.5) is 13.8 Å². The van der Waals surface area contributed by atoms with Gasteiger partial charge in [0.15, 0.2) is 0 Å². The Labute approximate surface area is 150 Å². The molecule has 26 heavy (non-hydrogen) atoms. The summed E-state index contributed by atoms with van der Waals surface area (Å²) in [7, 11) is 0. The van der Waals surface area contributed by atoms with Crippen molar-refractivity contribution in [3.8, 4) is 16.9 Å². The molecule has 0 radical (unpaired) electrons. The van der Waals surface area contributed by atoms with Gasteiger partial charge in [0.2, 0.25) is 5.78 Å². The van der Waals surface area contributed by atoms with Gasteiger partial charge in [0.25, 0.3) is 11.6 Å². The zero-order valence-corrected chi connectivity index (χ0v) is 13.9. The van der Waals surface area contributed by atoms with Crippen molar-refractivity contribution in [2.24, 2.45) is 0 Å². The molecule has 130 valence electrons. The third-order valence-electron chi connectivity index (χ3n) is 4.29. The summed E-state index contributed by atoms with van der Waals surface area (Å²) in [6.45, 7) is 0. The van der Waals surface area contributed by atoms with Crippen molar-refractivity contribution in [2.75, 3.05) is 5.32 Å². The Hall–Kier alpha value is -3.06. The number of Topliss-reactive ketones (excluding diaryl/α,β-unsaturated/α-hetero) is 1. The molecule has 0 aliphatic carbocycles. The second-order valence-corrected chi connectivity index (χ2v) is 6.70. The molecule has 0 bridgehead atoms. The van der Waals surface area contributed by atoms with Crippen LogP contribution in [0, 0.1) is 5.82 Å². The minimum absolute atomic E-state index is 0.0390. The molecule has 1 amide bonds. The fourth-order valence-corrected chi connectivity index (χ4v) is 3.95. The third-order valence-corrected chi connectivity index (χ3v) is 5.19. The van der Waals surface area contributed by atoms with E-state index in [-0.39, 0.29) is 33.0 Å². The predicted molar refractivity (Wildman–Crippen MR) is 93.6 cm³/mol. The normalized spacial score (nSPS) is 19.2. The summed E-state index contributed by atoms with van der Waals surface area (Å²) >= 11 is 1.04. The SMILES string of the molecule is O=C1Nc2scc(-c3ccc(F)cc3O)c2C(=O)C1(F)c1ccccc1. The number of nitrogens with one attached hydrogen (secondary N) is 1. The highest BCUT2D eigenvalue weighted by Crippen LogP contribution is 2.46. The average Bonchev–Trinajstić information content (AvgIpc) is 3.04. The first-order chi connectivity index (χ1) is 12.4. The third kappa shape index (κ3) is 2.24. The maximum Gasteiger partial charge on any atom is 0.275 e. The summed E-state index contributed by atoms with van der Waals surface area (Å²) in [6, 6.07) is 10.8. The number of ketones is 1. The van der Waals surface area contributed by atoms with E-state index in [1.165, 1.54) is 35.7 Å². The van der Waals surface area contributed by atoms with Crippen LogP contribution in [0.1, 0.15) is 15.9 Å². The molecule has 0 saturated carbocycles. The van der Waals surface area contributed by atoms with Gasteiger partial charge in [-0.25, -0.2) is 8.78 Å². The Morgan fingerprint density at radius 2 is 1.77 bits per heavy atom. The van der Waals surface area contributed by atoms with E-state index in [0.717, 1.165) is 23.5 Å². The Bertz CT molecular complexity index is 1050. The van der Waals surface area contributed by atoms with Crippen LogP contribution in [0.5, 0.6) is 5.75 Å². The van der Waals surface area contributed by atoms with Crippen LogP contribution in [-0.4, -0.2) is 16.8 Å². The Morgan fingerprint density at radius 1 is 1.04 bits per heavy atom. The second-order valence-electron chi connectivity index (χ2n) is 5.82. The number of amides is 1. The number of phenolic OH excluding ortho intramolecular Hbond substituents is 1. The van der Waals surface area contributed by atoms with Gasteiger partial charge in [-0.15, -0.1) is 11.3 Å². The molecule has 3 aromatic rings. The first kappa shape index (κ1) is 16.4. The Kier molecular flexibility index (Phi) is 3.62. The number of carbonyl (C=O) groups excluding carboxylic acids is 2. The number of alkyl halides is 1. The quantitative estimate of drug-likeness (QED) is 0.662. The van der Waals surface area contributed by atoms with Crippen molar-refractivity contribution < 1.29 is 23.5 Å². The maximum absolute atomic E-state index is 15.6. The van der Waals surface area contributed by atoms with Crippen LogP contribution in [0.25, 0.3) is 11.1 Å². The van der Waals surface area contributed by atoms with Crippen molar-refractivity contribution >= 4 is 28.0 Å². The number of halogens is 2. The lowest BCUT2D eigenvalue weighted by molar-refractivity contribution is -0.125. The molecule has 7 heteroatoms. The van der Waals surface area contributed by atoms with E-state index in [0.29, 0.717) is 0 Å². The largest absolute Gasteiger partial charge is 0.507 e. The van der Waals surface area contributed by atoms with Crippen molar-refractivity contribution in [3.63, 3.8) is 0 Å². The lowest BCUT2D eigenvalue weighted by Crippen LogP contribution is -2.47. The molecule has 1 aliphatic heterocycles. The van der Waals surface area contributed by atoms with Crippen LogP contribution in [0.15, 0.2) is 53.9 Å². The smallest absolute Gasteiger partial charge is 0.275 e. The Morgan fingerprint density at radius 3 is 2.46 bits per heavy atom. The number of anilines is 1. The van der Waals surface area contributed by atoms with Crippen LogP contribution >= 0.6 is 11.3 Å². The summed E-state index contributed by atoms with van der Waals surface area (Å²) in [6.07, 6.45) is 0. The number of hydrogen-bond acceptors (Lipinski definition) is 4. The molecule has 2 N–H and O–H groups in total. The summed E-state index contributed by atoms with van der Waals surface area (Å²) in [5.41, 5.74) is -2.56. The molecule has 0 spiro atoms. The van der Waals surface area contributed by atoms with Gasteiger partial charge in [0.05, 0.1) is 5.56 Å². The summed E-state index contributed by atoms with van der Waals surface area (Å²) in [4.78, 5) is 25.3. The highest BCUT2D eigenvalue weighted by molar-refractivity contribution is 7.15. The monoisotopic (exact) mass is 371 g/mol. The van der Waals surface area contributed by atoms with Gasteiger partial charge in [0.1, 0.15) is 16.6 Å². The number of aromatic hydroxyl groups is 1. The second kappa shape index (κ2) is 5.74. The lowest BCUT2D eigenvalue weighted by Gasteiger charge is -2.28. The lowest BCUT2D eigenvalue weighted by atomic mass is 9.83. The summed E-state index contributed by atoms with van der Waals surface area (Å²) < 4.78 is 28.9. The average molecular weight is 371 g/mol. The molecule has 0 fully saturated rings. The van der Waals surface area contributed by atoms with Crippen LogP contribution in [-0.2, 0) is 10.5 Å². The van der Waals surface area contributed by atoms with Gasteiger partial charge >= 0.3 is 0 Å². The number of hydrogen-bond donors (Lipinski definition) is 2. The highest BCUT2D eigenvalue weighted by atomic mass is 32.1. The van der Waals surface area contributed by atoms with E-state index < -0.39 is 23.2 Å². The van der Waals surface area contributed by atoms with Crippen molar-refractivity contribution in [1.29, 1.82) is 0 Å². The molecule has 4 rings (SSSR count). The van der Waals surface area contributed by atoms with Crippen molar-refractivity contribution in [2.45, 2.75) is 5.67 Å². The minimum Gasteiger partial charge on any atom is -0.507 e. The topological polar surface area (TPSA) is 66.4 Å². The maximum atomic E-state index is 15.6. The van der Waals surface area contributed by atoms with Crippen LogP contribution in [0.2, 0.25) is 0 Å². The molecule has 1 unspecified atom stereocenters. The number of thiophene rings is 1. The molecule has 0 saturated heterocycles. The number of benzene rings is 2. The van der Waals surface area contributed by atoms with Gasteiger partial charge in [0, 0.05) is 28.1 Å². The summed E-state index contributed by atoms with van der Waals surface area (Å²) in [5.74, 6) is -3.08. The van der Waals surface area contributed by atoms with E-state index in [1.54, 1.807) is 6.07 Å². The van der Waals surface area contributed by atoms with Crippen molar-refractivity contribution in [1.82, 2.24) is 0 Å². The molecule has 4 nitrogen and oxygen atoms in total. The van der Waals surface area contributed by atoms with E-state index in [9.17, 15) is 19.1 Å². The molecule has 1 aromatic heterocycles. The number of rotatable bonds is 2. The number of phenols is 1. The first-order valence-corrected chi connectivity index (χ1v) is 8.52. The molecule has 1 atom stereocenters. The zero-order valence-electron chi connectivity index (χ0n) is 13.1. The Balaban J connectivity index is 1.91. The molecule has 2 heterocycles. The molecule has 2 aromatic carbocycles. The first-order valence-electron chi connectivity index (χ1n) is 7.64. The van der Waals surface area contributed by atoms with Gasteiger partial charge in [-0.2, -0.15) is 0 Å². The van der Waals surface area contributed by atoms with E-state index in [2.05, 4.69) is 5.32 Å². The molecular weight excluding hydrogens is 360 g/mol. The fraction of sp³-hybridized carbons (Fsp3) is 0.0526. The standard InChI is InChI=1S/C19H11F2NO3S/c20-11-6-7-12(14(23)8-11)13-9-26-17-15(13)16(24)19(21,18(25)22-17)10-4-2-1-3-5-10/h1-9,23H,(H,22,25). The van der Waals surface area contributed by atoms with Gasteiger partial charge in [-0.3, -0.25) is 9.59 Å². The van der Waals surface area contributed by atoms with E-state index >= 15 is 4.39 Å². The molecular formula is C19H11F2NO3S. The van der Waals surface area contributed by atoms with Gasteiger partial charge in [-0.05, 0) is 12.1 Å². The zero-order chi connectivity index (χ0) is 18.5. The van der Waals surface area contributed by atoms with Gasteiger partial charge < -0.3 is 10.4 Å². The van der Waals surface area contributed by atoms with E-state index in [4.69, 9.17) is 0 Å². The predicted octanol–water partition coefficient (Wildman–Crippen LogP) is 4.26. The van der Waals surface area contributed by atoms with Crippen LogP contribution < -0.4 is 5.32 Å². The number of carbonyl (C=O) groups is 2. The number of fused-ring (bicyclic) bond motifs is 1. The van der Waals surface area contributed by atoms with Crippen LogP contribution in [0.3, 0.4) is 0 Å². The minimum atomic E-state index is -2.88. The van der Waals surface area contributed by atoms with Crippen molar-refractivity contribution in [3.05, 3.63) is 70.9 Å². The molecule has 1 aliphatic rings. The van der Waals surface area contributed by atoms with Gasteiger partial charge in [-0.1, -0.05) is 30.3 Å². The highest BCUT2D eigenvalue weighted by Gasteiger charge is 2.53.